The van der Waals surface area contributed by atoms with Crippen LogP contribution in [0, 0.1) is 0 Å². The Morgan fingerprint density at radius 1 is 1.44 bits per heavy atom. The monoisotopic (exact) mass is 310 g/mol. The van der Waals surface area contributed by atoms with E-state index in [1.165, 1.54) is 19.2 Å². The third-order valence-corrected chi connectivity index (χ3v) is 2.61. The zero-order valence-corrected chi connectivity index (χ0v) is 10.6. The lowest BCUT2D eigenvalue weighted by Gasteiger charge is -2.13. The molecule has 0 fully saturated rings. The predicted molar refractivity (Wildman–Crippen MR) is 58.8 cm³/mol. The highest BCUT2D eigenvalue weighted by Gasteiger charge is 2.22. The molecule has 88 valence electrons. The van der Waals surface area contributed by atoms with Gasteiger partial charge >= 0.3 is 7.82 Å². The molecule has 0 aliphatic carbocycles. The predicted octanol–water partition coefficient (Wildman–Crippen LogP) is 1.74. The van der Waals surface area contributed by atoms with Gasteiger partial charge in [-0.25, -0.2) is 4.57 Å². The summed E-state index contributed by atoms with van der Waals surface area (Å²) in [6.07, 6.45) is 0.578. The van der Waals surface area contributed by atoms with E-state index in [1.807, 2.05) is 0 Å². The first-order valence-corrected chi connectivity index (χ1v) is 6.27. The van der Waals surface area contributed by atoms with E-state index in [1.54, 1.807) is 0 Å². The molecule has 1 rings (SSSR count). The number of hydrogen-bond donors (Lipinski definition) is 2. The Kier molecular flexibility index (Phi) is 4.09. The van der Waals surface area contributed by atoms with Crippen LogP contribution in [0.1, 0.15) is 10.4 Å². The molecule has 1 aromatic carbocycles. The fraction of sp³-hybridized carbons (Fsp3) is 0.125. The minimum atomic E-state index is -4.68. The van der Waals surface area contributed by atoms with Crippen LogP contribution in [0.4, 0.5) is 0 Å². The Morgan fingerprint density at radius 2 is 2.06 bits per heavy atom. The van der Waals surface area contributed by atoms with E-state index in [9.17, 15) is 9.36 Å². The number of halogens is 1. The van der Waals surface area contributed by atoms with Crippen LogP contribution < -0.4 is 9.26 Å². The number of ether oxygens (including phenoxy) is 1. The van der Waals surface area contributed by atoms with Gasteiger partial charge in [-0.2, -0.15) is 0 Å². The zero-order valence-electron chi connectivity index (χ0n) is 8.08. The molecule has 0 aliphatic rings. The van der Waals surface area contributed by atoms with Crippen molar-refractivity contribution < 1.29 is 28.4 Å². The molecule has 8 heteroatoms. The molecule has 0 atom stereocenters. The lowest BCUT2D eigenvalue weighted by Crippen LogP contribution is -1.96. The first-order valence-electron chi connectivity index (χ1n) is 3.95. The van der Waals surface area contributed by atoms with Crippen LogP contribution in [0.2, 0.25) is 0 Å². The molecule has 0 unspecified atom stereocenters. The van der Waals surface area contributed by atoms with Crippen LogP contribution in [0.3, 0.4) is 0 Å². The summed E-state index contributed by atoms with van der Waals surface area (Å²) in [7, 11) is -3.38. The zero-order chi connectivity index (χ0) is 12.3. The van der Waals surface area contributed by atoms with Gasteiger partial charge in [0.05, 0.1) is 11.6 Å². The molecule has 2 N–H and O–H groups in total. The van der Waals surface area contributed by atoms with Gasteiger partial charge in [-0.3, -0.25) is 14.6 Å². The van der Waals surface area contributed by atoms with Crippen molar-refractivity contribution in [3.8, 4) is 11.5 Å². The lowest BCUT2D eigenvalue weighted by atomic mass is 10.2. The molecular weight excluding hydrogens is 303 g/mol. The number of carbonyl (C=O) groups is 1. The van der Waals surface area contributed by atoms with E-state index in [-0.39, 0.29) is 16.0 Å². The minimum absolute atomic E-state index is 0.0554. The van der Waals surface area contributed by atoms with E-state index >= 15 is 0 Å². The summed E-state index contributed by atoms with van der Waals surface area (Å²) in [5, 5.41) is 0. The number of benzene rings is 1. The van der Waals surface area contributed by atoms with E-state index in [2.05, 4.69) is 20.5 Å². The smallest absolute Gasteiger partial charge is 0.493 e. The number of phosphoric acid groups is 1. The maximum absolute atomic E-state index is 10.7. The summed E-state index contributed by atoms with van der Waals surface area (Å²) in [6, 6.07) is 2.67. The number of phosphoric ester groups is 1. The molecular formula is C8H8BrO6P. The SMILES string of the molecule is COc1cc(C=O)cc(Br)c1OP(=O)(O)O. The Labute approximate surface area is 99.6 Å². The van der Waals surface area contributed by atoms with Crippen LogP contribution in [0.15, 0.2) is 16.6 Å². The lowest BCUT2D eigenvalue weighted by molar-refractivity contribution is 0.112. The molecule has 0 spiro atoms. The fourth-order valence-electron chi connectivity index (χ4n) is 1.02. The number of carbonyl (C=O) groups excluding carboxylic acids is 1. The van der Waals surface area contributed by atoms with Crippen molar-refractivity contribution in [2.24, 2.45) is 0 Å². The second-order valence-electron chi connectivity index (χ2n) is 2.73. The highest BCUT2D eigenvalue weighted by molar-refractivity contribution is 9.10. The average molecular weight is 311 g/mol. The van der Waals surface area contributed by atoms with Gasteiger partial charge in [-0.1, -0.05) is 0 Å². The van der Waals surface area contributed by atoms with E-state index < -0.39 is 7.82 Å². The van der Waals surface area contributed by atoms with Crippen molar-refractivity contribution in [1.29, 1.82) is 0 Å². The van der Waals surface area contributed by atoms with Gasteiger partial charge in [0, 0.05) is 5.56 Å². The number of hydrogen-bond acceptors (Lipinski definition) is 4. The molecule has 0 saturated heterocycles. The van der Waals surface area contributed by atoms with Crippen LogP contribution >= 0.6 is 23.8 Å². The average Bonchev–Trinajstić information content (AvgIpc) is 2.19. The normalized spacial score (nSPS) is 11.0. The largest absolute Gasteiger partial charge is 0.524 e. The molecule has 0 heterocycles. The van der Waals surface area contributed by atoms with Crippen LogP contribution in [-0.4, -0.2) is 23.2 Å². The van der Waals surface area contributed by atoms with Gasteiger partial charge in [0.1, 0.15) is 6.29 Å². The van der Waals surface area contributed by atoms with Crippen molar-refractivity contribution >= 4 is 30.0 Å². The van der Waals surface area contributed by atoms with Crippen molar-refractivity contribution in [2.45, 2.75) is 0 Å². The first-order chi connectivity index (χ1) is 7.37. The maximum Gasteiger partial charge on any atom is 0.524 e. The third-order valence-electron chi connectivity index (χ3n) is 1.60. The number of rotatable bonds is 4. The Balaban J connectivity index is 3.27. The molecule has 0 bridgehead atoms. The van der Waals surface area contributed by atoms with Crippen LogP contribution in [-0.2, 0) is 4.57 Å². The third kappa shape index (κ3) is 3.31. The summed E-state index contributed by atoms with van der Waals surface area (Å²) in [4.78, 5) is 27.9. The van der Waals surface area contributed by atoms with Crippen molar-refractivity contribution in [3.63, 3.8) is 0 Å². The Morgan fingerprint density at radius 3 is 2.50 bits per heavy atom. The minimum Gasteiger partial charge on any atom is -0.493 e. The highest BCUT2D eigenvalue weighted by atomic mass is 79.9. The quantitative estimate of drug-likeness (QED) is 0.650. The molecule has 0 saturated carbocycles. The number of methoxy groups -OCH3 is 1. The van der Waals surface area contributed by atoms with Gasteiger partial charge in [0.15, 0.2) is 11.5 Å². The molecule has 0 amide bonds. The van der Waals surface area contributed by atoms with Gasteiger partial charge in [0.25, 0.3) is 0 Å². The van der Waals surface area contributed by atoms with E-state index in [0.29, 0.717) is 11.8 Å². The summed E-state index contributed by atoms with van der Waals surface area (Å²) in [5.74, 6) is -0.0961. The standard InChI is InChI=1S/C8H8BrO6P/c1-14-7-3-5(4-10)2-6(9)8(7)15-16(11,12)13/h2-4H,1H3,(H2,11,12,13). The maximum atomic E-state index is 10.7. The second kappa shape index (κ2) is 4.97. The molecule has 0 radical (unpaired) electrons. The summed E-state index contributed by atoms with van der Waals surface area (Å²) in [6.45, 7) is 0. The fourth-order valence-corrected chi connectivity index (χ4v) is 2.11. The van der Waals surface area contributed by atoms with Crippen molar-refractivity contribution in [2.75, 3.05) is 7.11 Å². The van der Waals surface area contributed by atoms with Crippen LogP contribution in [0.25, 0.3) is 0 Å². The Hall–Kier alpha value is -0.880. The van der Waals surface area contributed by atoms with Gasteiger partial charge in [0.2, 0.25) is 0 Å². The van der Waals surface area contributed by atoms with Gasteiger partial charge < -0.3 is 9.26 Å². The highest BCUT2D eigenvalue weighted by Crippen LogP contribution is 2.46. The van der Waals surface area contributed by atoms with E-state index in [4.69, 9.17) is 14.5 Å². The summed E-state index contributed by atoms with van der Waals surface area (Å²) in [5.41, 5.74) is 0.293. The second-order valence-corrected chi connectivity index (χ2v) is 4.75. The van der Waals surface area contributed by atoms with Gasteiger partial charge in [-0.15, -0.1) is 0 Å². The van der Waals surface area contributed by atoms with E-state index in [0.717, 1.165) is 0 Å². The Bertz CT molecular complexity index is 454. The summed E-state index contributed by atoms with van der Waals surface area (Å²) >= 11 is 3.03. The van der Waals surface area contributed by atoms with Crippen molar-refractivity contribution in [3.05, 3.63) is 22.2 Å². The van der Waals surface area contributed by atoms with Gasteiger partial charge in [-0.05, 0) is 28.1 Å². The summed E-state index contributed by atoms with van der Waals surface area (Å²) < 4.78 is 20.2. The molecule has 0 aliphatic heterocycles. The molecule has 6 nitrogen and oxygen atoms in total. The number of aldehydes is 1. The first kappa shape index (κ1) is 13.2. The van der Waals surface area contributed by atoms with Crippen LogP contribution in [0.5, 0.6) is 11.5 Å². The molecule has 0 aromatic heterocycles. The topological polar surface area (TPSA) is 93.1 Å². The molecule has 1 aromatic rings. The molecule has 16 heavy (non-hydrogen) atoms. The van der Waals surface area contributed by atoms with Crippen molar-refractivity contribution in [1.82, 2.24) is 0 Å².